The zero-order chi connectivity index (χ0) is 14.7. The predicted octanol–water partition coefficient (Wildman–Crippen LogP) is 4.87. The molecule has 2 nitrogen and oxygen atoms in total. The third-order valence-electron chi connectivity index (χ3n) is 4.36. The second kappa shape index (κ2) is 6.40. The van der Waals surface area contributed by atoms with Gasteiger partial charge in [-0.05, 0) is 55.4 Å². The molecule has 2 aromatic rings. The lowest BCUT2D eigenvalue weighted by Crippen LogP contribution is -2.14. The van der Waals surface area contributed by atoms with Gasteiger partial charge in [-0.3, -0.25) is 4.98 Å². The Morgan fingerprint density at radius 3 is 2.29 bits per heavy atom. The zero-order valence-electron chi connectivity index (χ0n) is 11.8. The summed E-state index contributed by atoms with van der Waals surface area (Å²) in [6, 6.07) is 12.0. The molecule has 1 fully saturated rings. The first-order chi connectivity index (χ1) is 10.3. The summed E-state index contributed by atoms with van der Waals surface area (Å²) in [7, 11) is 0. The fourth-order valence-electron chi connectivity index (χ4n) is 3.03. The number of hydrogen-bond donors (Lipinski definition) is 0. The number of pyridine rings is 1. The highest BCUT2D eigenvalue weighted by atomic mass is 35.5. The minimum atomic E-state index is 0.266. The van der Waals surface area contributed by atoms with Crippen molar-refractivity contribution in [2.24, 2.45) is 5.92 Å². The first-order valence-corrected chi connectivity index (χ1v) is 7.81. The van der Waals surface area contributed by atoms with Gasteiger partial charge in [0, 0.05) is 22.7 Å². The molecule has 1 saturated carbocycles. The second-order valence-corrected chi connectivity index (χ2v) is 6.17. The minimum Gasteiger partial charge on any atom is -0.303 e. The molecule has 0 spiro atoms. The average molecular weight is 300 g/mol. The van der Waals surface area contributed by atoms with Crippen molar-refractivity contribution >= 4 is 17.9 Å². The van der Waals surface area contributed by atoms with Crippen LogP contribution in [0.2, 0.25) is 5.02 Å². The Balaban J connectivity index is 1.72. The van der Waals surface area contributed by atoms with Gasteiger partial charge in [-0.15, -0.1) is 0 Å². The van der Waals surface area contributed by atoms with E-state index in [1.54, 1.807) is 0 Å². The van der Waals surface area contributed by atoms with E-state index in [2.05, 4.69) is 17.1 Å². The van der Waals surface area contributed by atoms with Crippen LogP contribution in [0, 0.1) is 5.92 Å². The molecule has 0 atom stereocenters. The summed E-state index contributed by atoms with van der Waals surface area (Å²) in [4.78, 5) is 15.4. The Labute approximate surface area is 130 Å². The molecule has 108 valence electrons. The van der Waals surface area contributed by atoms with Crippen LogP contribution < -0.4 is 0 Å². The van der Waals surface area contributed by atoms with Crippen LogP contribution in [0.1, 0.15) is 37.2 Å². The Morgan fingerprint density at radius 1 is 1.00 bits per heavy atom. The average Bonchev–Trinajstić information content (AvgIpc) is 2.56. The number of halogens is 1. The molecule has 3 heteroatoms. The summed E-state index contributed by atoms with van der Waals surface area (Å²) < 4.78 is 0. The van der Waals surface area contributed by atoms with Gasteiger partial charge < -0.3 is 4.79 Å². The van der Waals surface area contributed by atoms with Gasteiger partial charge in [-0.1, -0.05) is 29.8 Å². The first kappa shape index (κ1) is 14.3. The molecule has 0 amide bonds. The molecule has 0 unspecified atom stereocenters. The van der Waals surface area contributed by atoms with E-state index in [-0.39, 0.29) is 5.92 Å². The highest BCUT2D eigenvalue weighted by Gasteiger charge is 2.22. The molecule has 0 saturated heterocycles. The third-order valence-corrected chi connectivity index (χ3v) is 4.61. The SMILES string of the molecule is O=CC1CCC(c2ccc(-c3ccc(Cl)cc3)nc2)CC1. The number of hydrogen-bond acceptors (Lipinski definition) is 2. The number of aldehydes is 1. The number of nitrogens with zero attached hydrogens (tertiary/aromatic N) is 1. The number of aromatic nitrogens is 1. The number of benzene rings is 1. The summed E-state index contributed by atoms with van der Waals surface area (Å²) in [5.74, 6) is 0.815. The Hall–Kier alpha value is -1.67. The Morgan fingerprint density at radius 2 is 1.71 bits per heavy atom. The van der Waals surface area contributed by atoms with E-state index < -0.39 is 0 Å². The van der Waals surface area contributed by atoms with Crippen LogP contribution in [-0.2, 0) is 4.79 Å². The standard InChI is InChI=1S/C18H18ClNO/c19-17-8-5-15(6-9-17)18-10-7-16(11-20-18)14-3-1-13(12-21)2-4-14/h5-14H,1-4H2. The highest BCUT2D eigenvalue weighted by Crippen LogP contribution is 2.35. The molecule has 1 aliphatic carbocycles. The van der Waals surface area contributed by atoms with Crippen LogP contribution in [-0.4, -0.2) is 11.3 Å². The van der Waals surface area contributed by atoms with Crippen LogP contribution in [0.5, 0.6) is 0 Å². The van der Waals surface area contributed by atoms with Crippen LogP contribution in [0.25, 0.3) is 11.3 Å². The van der Waals surface area contributed by atoms with E-state index in [0.717, 1.165) is 48.2 Å². The summed E-state index contributed by atoms with van der Waals surface area (Å²) >= 11 is 5.90. The molecule has 1 aromatic carbocycles. The van der Waals surface area contributed by atoms with E-state index in [4.69, 9.17) is 11.6 Å². The molecule has 1 heterocycles. The van der Waals surface area contributed by atoms with E-state index in [0.29, 0.717) is 5.92 Å². The van der Waals surface area contributed by atoms with E-state index >= 15 is 0 Å². The highest BCUT2D eigenvalue weighted by molar-refractivity contribution is 6.30. The van der Waals surface area contributed by atoms with Crippen LogP contribution in [0.3, 0.4) is 0 Å². The van der Waals surface area contributed by atoms with Crippen LogP contribution in [0.15, 0.2) is 42.6 Å². The van der Waals surface area contributed by atoms with Gasteiger partial charge >= 0.3 is 0 Å². The van der Waals surface area contributed by atoms with Crippen molar-refractivity contribution in [1.82, 2.24) is 4.98 Å². The van der Waals surface area contributed by atoms with E-state index in [1.807, 2.05) is 30.5 Å². The van der Waals surface area contributed by atoms with Gasteiger partial charge in [0.2, 0.25) is 0 Å². The molecular weight excluding hydrogens is 282 g/mol. The first-order valence-electron chi connectivity index (χ1n) is 7.43. The zero-order valence-corrected chi connectivity index (χ0v) is 12.6. The predicted molar refractivity (Wildman–Crippen MR) is 85.4 cm³/mol. The van der Waals surface area contributed by atoms with E-state index in [9.17, 15) is 4.79 Å². The molecule has 1 aromatic heterocycles. The van der Waals surface area contributed by atoms with Gasteiger partial charge in [0.05, 0.1) is 5.69 Å². The normalized spacial score (nSPS) is 22.0. The molecule has 0 N–H and O–H groups in total. The lowest BCUT2D eigenvalue weighted by atomic mass is 9.79. The van der Waals surface area contributed by atoms with E-state index in [1.165, 1.54) is 5.56 Å². The maximum atomic E-state index is 10.8. The summed E-state index contributed by atoms with van der Waals surface area (Å²) in [5, 5.41) is 0.738. The van der Waals surface area contributed by atoms with Gasteiger partial charge in [-0.25, -0.2) is 0 Å². The number of carbonyl (C=O) groups excluding carboxylic acids is 1. The molecule has 1 aliphatic rings. The van der Waals surface area contributed by atoms with Gasteiger partial charge in [0.15, 0.2) is 0 Å². The minimum absolute atomic E-state index is 0.266. The molecule has 21 heavy (non-hydrogen) atoms. The summed E-state index contributed by atoms with van der Waals surface area (Å²) in [6.07, 6.45) is 7.28. The lowest BCUT2D eigenvalue weighted by molar-refractivity contribution is -0.111. The van der Waals surface area contributed by atoms with Gasteiger partial charge in [-0.2, -0.15) is 0 Å². The molecule has 0 radical (unpaired) electrons. The second-order valence-electron chi connectivity index (χ2n) is 5.73. The Bertz CT molecular complexity index is 598. The number of carbonyl (C=O) groups is 1. The molecule has 0 aliphatic heterocycles. The summed E-state index contributed by atoms with van der Waals surface area (Å²) in [6.45, 7) is 0. The van der Waals surface area contributed by atoms with Crippen molar-refractivity contribution in [3.05, 3.63) is 53.2 Å². The summed E-state index contributed by atoms with van der Waals surface area (Å²) in [5.41, 5.74) is 3.34. The maximum Gasteiger partial charge on any atom is 0.123 e. The third kappa shape index (κ3) is 3.33. The van der Waals surface area contributed by atoms with Crippen molar-refractivity contribution in [2.75, 3.05) is 0 Å². The smallest absolute Gasteiger partial charge is 0.123 e. The van der Waals surface area contributed by atoms with Crippen molar-refractivity contribution in [3.63, 3.8) is 0 Å². The fourth-order valence-corrected chi connectivity index (χ4v) is 3.15. The number of rotatable bonds is 3. The van der Waals surface area contributed by atoms with Crippen LogP contribution in [0.4, 0.5) is 0 Å². The van der Waals surface area contributed by atoms with Crippen molar-refractivity contribution in [1.29, 1.82) is 0 Å². The van der Waals surface area contributed by atoms with Crippen molar-refractivity contribution < 1.29 is 4.79 Å². The molecule has 0 bridgehead atoms. The van der Waals surface area contributed by atoms with Crippen molar-refractivity contribution in [2.45, 2.75) is 31.6 Å². The molecular formula is C18H18ClNO. The largest absolute Gasteiger partial charge is 0.303 e. The Kier molecular flexibility index (Phi) is 4.35. The van der Waals surface area contributed by atoms with Crippen LogP contribution >= 0.6 is 11.6 Å². The topological polar surface area (TPSA) is 30.0 Å². The quantitative estimate of drug-likeness (QED) is 0.756. The lowest BCUT2D eigenvalue weighted by Gasteiger charge is -2.25. The maximum absolute atomic E-state index is 10.8. The molecule has 3 rings (SSSR count). The monoisotopic (exact) mass is 299 g/mol. The van der Waals surface area contributed by atoms with Gasteiger partial charge in [0.1, 0.15) is 6.29 Å². The fraction of sp³-hybridized carbons (Fsp3) is 0.333. The van der Waals surface area contributed by atoms with Crippen molar-refractivity contribution in [3.8, 4) is 11.3 Å². The van der Waals surface area contributed by atoms with Gasteiger partial charge in [0.25, 0.3) is 0 Å².